The molecule has 4 heteroatoms. The molecule has 0 aliphatic carbocycles. The summed E-state index contributed by atoms with van der Waals surface area (Å²) in [6.45, 7) is 3.96. The lowest BCUT2D eigenvalue weighted by atomic mass is 9.86. The number of rotatable bonds is 2. The third kappa shape index (κ3) is 2.65. The molecule has 2 fully saturated rings. The zero-order valence-electron chi connectivity index (χ0n) is 10.3. The molecular formula is C14H18N2OS. The SMILES string of the molecule is O=C(/C=C/c1cccs1)N1C[C@@H]2CNC[C@@H](C2)C1. The fourth-order valence-electron chi connectivity index (χ4n) is 2.93. The average Bonchev–Trinajstić information content (AvgIpc) is 2.88. The molecule has 2 saturated heterocycles. The monoisotopic (exact) mass is 262 g/mol. The molecule has 1 aromatic heterocycles. The summed E-state index contributed by atoms with van der Waals surface area (Å²) in [5.74, 6) is 1.47. The molecule has 2 aliphatic heterocycles. The van der Waals surface area contributed by atoms with Gasteiger partial charge in [-0.1, -0.05) is 6.07 Å². The molecule has 0 spiro atoms. The first kappa shape index (κ1) is 11.9. The van der Waals surface area contributed by atoms with Crippen molar-refractivity contribution in [1.82, 2.24) is 10.2 Å². The molecule has 1 aromatic rings. The van der Waals surface area contributed by atoms with Crippen molar-refractivity contribution in [3.05, 3.63) is 28.5 Å². The van der Waals surface area contributed by atoms with E-state index in [9.17, 15) is 4.79 Å². The van der Waals surface area contributed by atoms with Crippen LogP contribution in [0.25, 0.3) is 6.08 Å². The third-order valence-electron chi connectivity index (χ3n) is 3.73. The summed E-state index contributed by atoms with van der Waals surface area (Å²) in [4.78, 5) is 15.3. The summed E-state index contributed by atoms with van der Waals surface area (Å²) in [6, 6.07) is 4.04. The number of hydrogen-bond donors (Lipinski definition) is 1. The zero-order chi connectivity index (χ0) is 12.4. The van der Waals surface area contributed by atoms with Crippen LogP contribution in [0.15, 0.2) is 23.6 Å². The van der Waals surface area contributed by atoms with Crippen LogP contribution >= 0.6 is 11.3 Å². The minimum Gasteiger partial charge on any atom is -0.339 e. The van der Waals surface area contributed by atoms with Crippen LogP contribution in [0.2, 0.25) is 0 Å². The number of amides is 1. The molecular weight excluding hydrogens is 244 g/mol. The molecule has 0 radical (unpaired) electrons. The topological polar surface area (TPSA) is 32.3 Å². The molecule has 2 bridgehead atoms. The fourth-order valence-corrected chi connectivity index (χ4v) is 3.55. The van der Waals surface area contributed by atoms with E-state index in [0.29, 0.717) is 11.8 Å². The first-order valence-corrected chi connectivity index (χ1v) is 7.40. The number of likely N-dealkylation sites (tertiary alicyclic amines) is 1. The van der Waals surface area contributed by atoms with Gasteiger partial charge in [-0.15, -0.1) is 11.3 Å². The van der Waals surface area contributed by atoms with Gasteiger partial charge in [-0.3, -0.25) is 4.79 Å². The number of fused-ring (bicyclic) bond motifs is 2. The van der Waals surface area contributed by atoms with Crippen LogP contribution < -0.4 is 5.32 Å². The summed E-state index contributed by atoms with van der Waals surface area (Å²) < 4.78 is 0. The number of nitrogens with one attached hydrogen (secondary N) is 1. The normalized spacial score (nSPS) is 27.7. The van der Waals surface area contributed by atoms with Crippen LogP contribution in [0.3, 0.4) is 0 Å². The van der Waals surface area contributed by atoms with Gasteiger partial charge >= 0.3 is 0 Å². The number of carbonyl (C=O) groups is 1. The van der Waals surface area contributed by atoms with E-state index in [1.807, 2.05) is 28.5 Å². The van der Waals surface area contributed by atoms with E-state index in [4.69, 9.17) is 0 Å². The Labute approximate surface area is 111 Å². The van der Waals surface area contributed by atoms with Crippen molar-refractivity contribution in [1.29, 1.82) is 0 Å². The van der Waals surface area contributed by atoms with Crippen LogP contribution in [0.1, 0.15) is 11.3 Å². The first-order chi connectivity index (χ1) is 8.81. The second-order valence-corrected chi connectivity index (χ2v) is 6.20. The maximum absolute atomic E-state index is 12.1. The van der Waals surface area contributed by atoms with Crippen LogP contribution in [-0.4, -0.2) is 37.0 Å². The summed E-state index contributed by atoms with van der Waals surface area (Å²) in [6.07, 6.45) is 4.93. The maximum Gasteiger partial charge on any atom is 0.246 e. The number of carbonyl (C=O) groups excluding carboxylic acids is 1. The first-order valence-electron chi connectivity index (χ1n) is 6.52. The largest absolute Gasteiger partial charge is 0.339 e. The molecule has 1 N–H and O–H groups in total. The van der Waals surface area contributed by atoms with Crippen LogP contribution in [0, 0.1) is 11.8 Å². The molecule has 3 heterocycles. The van der Waals surface area contributed by atoms with Crippen molar-refractivity contribution in [3.63, 3.8) is 0 Å². The molecule has 96 valence electrons. The summed E-state index contributed by atoms with van der Waals surface area (Å²) in [5, 5.41) is 5.48. The Morgan fingerprint density at radius 3 is 2.83 bits per heavy atom. The second kappa shape index (κ2) is 5.24. The van der Waals surface area contributed by atoms with E-state index in [1.165, 1.54) is 6.42 Å². The highest BCUT2D eigenvalue weighted by molar-refractivity contribution is 7.10. The van der Waals surface area contributed by atoms with Gasteiger partial charge in [0.15, 0.2) is 0 Å². The van der Waals surface area contributed by atoms with Gasteiger partial charge in [0.25, 0.3) is 0 Å². The van der Waals surface area contributed by atoms with Gasteiger partial charge in [0.2, 0.25) is 5.91 Å². The lowest BCUT2D eigenvalue weighted by Crippen LogP contribution is -2.52. The van der Waals surface area contributed by atoms with Gasteiger partial charge in [0, 0.05) is 24.0 Å². The zero-order valence-corrected chi connectivity index (χ0v) is 11.2. The predicted molar refractivity (Wildman–Crippen MR) is 74.4 cm³/mol. The smallest absolute Gasteiger partial charge is 0.246 e. The molecule has 0 unspecified atom stereocenters. The van der Waals surface area contributed by atoms with Crippen LogP contribution in [-0.2, 0) is 4.79 Å². The molecule has 3 nitrogen and oxygen atoms in total. The lowest BCUT2D eigenvalue weighted by molar-refractivity contribution is -0.129. The lowest BCUT2D eigenvalue weighted by Gasteiger charge is -2.41. The quantitative estimate of drug-likeness (QED) is 0.825. The molecule has 3 rings (SSSR count). The van der Waals surface area contributed by atoms with Gasteiger partial charge in [-0.25, -0.2) is 0 Å². The highest BCUT2D eigenvalue weighted by Gasteiger charge is 2.31. The molecule has 1 amide bonds. The highest BCUT2D eigenvalue weighted by atomic mass is 32.1. The van der Waals surface area contributed by atoms with E-state index in [0.717, 1.165) is 31.1 Å². The van der Waals surface area contributed by atoms with Crippen molar-refractivity contribution in [2.24, 2.45) is 11.8 Å². The number of piperidine rings is 2. The molecule has 2 aliphatic rings. The van der Waals surface area contributed by atoms with Gasteiger partial charge in [-0.2, -0.15) is 0 Å². The molecule has 2 atom stereocenters. The van der Waals surface area contributed by atoms with Crippen molar-refractivity contribution in [3.8, 4) is 0 Å². The Hall–Kier alpha value is -1.13. The Balaban J connectivity index is 1.62. The van der Waals surface area contributed by atoms with E-state index < -0.39 is 0 Å². The Bertz CT molecular complexity index is 429. The molecule has 0 saturated carbocycles. The second-order valence-electron chi connectivity index (χ2n) is 5.22. The molecule has 18 heavy (non-hydrogen) atoms. The summed E-state index contributed by atoms with van der Waals surface area (Å²) in [5.41, 5.74) is 0. The number of hydrogen-bond acceptors (Lipinski definition) is 3. The van der Waals surface area contributed by atoms with E-state index >= 15 is 0 Å². The summed E-state index contributed by atoms with van der Waals surface area (Å²) >= 11 is 1.66. The maximum atomic E-state index is 12.1. The highest BCUT2D eigenvalue weighted by Crippen LogP contribution is 2.24. The van der Waals surface area contributed by atoms with Gasteiger partial charge in [0.1, 0.15) is 0 Å². The number of nitrogens with zero attached hydrogens (tertiary/aromatic N) is 1. The summed E-state index contributed by atoms with van der Waals surface area (Å²) in [7, 11) is 0. The van der Waals surface area contributed by atoms with E-state index in [-0.39, 0.29) is 5.91 Å². The molecule has 0 aromatic carbocycles. The average molecular weight is 262 g/mol. The van der Waals surface area contributed by atoms with Gasteiger partial charge < -0.3 is 10.2 Å². The van der Waals surface area contributed by atoms with E-state index in [1.54, 1.807) is 17.4 Å². The van der Waals surface area contributed by atoms with Crippen molar-refractivity contribution in [2.45, 2.75) is 6.42 Å². The Morgan fingerprint density at radius 2 is 2.17 bits per heavy atom. The Morgan fingerprint density at radius 1 is 1.39 bits per heavy atom. The van der Waals surface area contributed by atoms with Crippen LogP contribution in [0.4, 0.5) is 0 Å². The van der Waals surface area contributed by atoms with Crippen LogP contribution in [0.5, 0.6) is 0 Å². The van der Waals surface area contributed by atoms with Crippen molar-refractivity contribution in [2.75, 3.05) is 26.2 Å². The predicted octanol–water partition coefficient (Wildman–Crippen LogP) is 1.83. The third-order valence-corrected chi connectivity index (χ3v) is 4.57. The van der Waals surface area contributed by atoms with Gasteiger partial charge in [0.05, 0.1) is 0 Å². The van der Waals surface area contributed by atoms with Crippen molar-refractivity contribution < 1.29 is 4.79 Å². The van der Waals surface area contributed by atoms with Crippen molar-refractivity contribution >= 4 is 23.3 Å². The minimum atomic E-state index is 0.167. The van der Waals surface area contributed by atoms with Gasteiger partial charge in [-0.05, 0) is 48.9 Å². The number of thiophene rings is 1. The Kier molecular flexibility index (Phi) is 3.48. The van der Waals surface area contributed by atoms with E-state index in [2.05, 4.69) is 5.32 Å². The fraction of sp³-hybridized carbons (Fsp3) is 0.500. The minimum absolute atomic E-state index is 0.167. The standard InChI is InChI=1S/C14H18N2OS/c17-14(4-3-13-2-1-5-18-13)16-9-11-6-12(10-16)8-15-7-11/h1-5,11-12,15H,6-10H2/b4-3+/t11-,12+.